The highest BCUT2D eigenvalue weighted by Crippen LogP contribution is 2.34. The molecule has 7 heteroatoms. The summed E-state index contributed by atoms with van der Waals surface area (Å²) in [6.07, 6.45) is 4.27. The van der Waals surface area contributed by atoms with E-state index in [0.717, 1.165) is 18.4 Å². The molecule has 2 saturated heterocycles. The number of methoxy groups -OCH3 is 2. The van der Waals surface area contributed by atoms with Crippen LogP contribution in [0.3, 0.4) is 0 Å². The Bertz CT molecular complexity index is 1070. The van der Waals surface area contributed by atoms with Gasteiger partial charge in [0.25, 0.3) is 0 Å². The predicted octanol–water partition coefficient (Wildman–Crippen LogP) is 3.80. The first-order chi connectivity index (χ1) is 16.9. The fourth-order valence-electron chi connectivity index (χ4n) is 5.32. The molecule has 7 nitrogen and oxygen atoms in total. The first kappa shape index (κ1) is 24.8. The van der Waals surface area contributed by atoms with Crippen LogP contribution < -0.4 is 14.8 Å². The van der Waals surface area contributed by atoms with Crippen molar-refractivity contribution in [3.8, 4) is 11.5 Å². The number of piperidine rings is 1. The number of carbonyl (C=O) groups excluding carboxylic acids is 3. The number of nitrogens with zero attached hydrogens (tertiary/aromatic N) is 1. The van der Waals surface area contributed by atoms with Gasteiger partial charge in [-0.3, -0.25) is 14.4 Å². The number of Topliss-reactive ketones (excluding diaryl/α,β-unsaturated/α-hetero) is 1. The maximum absolute atomic E-state index is 13.2. The Kier molecular flexibility index (Phi) is 7.73. The highest BCUT2D eigenvalue weighted by molar-refractivity contribution is 5.98. The maximum Gasteiger partial charge on any atom is 0.222 e. The SMILES string of the molecule is COc1ccc(C[C@@]2(CCC(=O)N3CCC[C@H](C(=O)c4ccccc4)C3)CCC(=O)N2)cc1OC. The molecule has 35 heavy (non-hydrogen) atoms. The van der Waals surface area contributed by atoms with E-state index in [1.54, 1.807) is 14.2 Å². The van der Waals surface area contributed by atoms with Gasteiger partial charge in [-0.25, -0.2) is 0 Å². The van der Waals surface area contributed by atoms with Gasteiger partial charge in [-0.05, 0) is 49.8 Å². The van der Waals surface area contributed by atoms with Crippen LogP contribution in [0.2, 0.25) is 0 Å². The summed E-state index contributed by atoms with van der Waals surface area (Å²) in [5, 5.41) is 3.15. The van der Waals surface area contributed by atoms with Crippen LogP contribution in [0.4, 0.5) is 0 Å². The van der Waals surface area contributed by atoms with E-state index in [4.69, 9.17) is 9.47 Å². The third-order valence-corrected chi connectivity index (χ3v) is 7.25. The molecule has 2 heterocycles. The summed E-state index contributed by atoms with van der Waals surface area (Å²) in [5.41, 5.74) is 1.25. The highest BCUT2D eigenvalue weighted by Gasteiger charge is 2.39. The number of ether oxygens (including phenoxy) is 2. The second kappa shape index (κ2) is 10.9. The van der Waals surface area contributed by atoms with Gasteiger partial charge in [0.15, 0.2) is 17.3 Å². The summed E-state index contributed by atoms with van der Waals surface area (Å²) >= 11 is 0. The minimum atomic E-state index is -0.471. The molecule has 0 spiro atoms. The summed E-state index contributed by atoms with van der Waals surface area (Å²) in [6, 6.07) is 15.1. The van der Waals surface area contributed by atoms with E-state index in [2.05, 4.69) is 5.32 Å². The molecule has 0 saturated carbocycles. The number of benzene rings is 2. The zero-order chi connectivity index (χ0) is 24.8. The lowest BCUT2D eigenvalue weighted by atomic mass is 9.84. The van der Waals surface area contributed by atoms with Gasteiger partial charge in [0.2, 0.25) is 11.8 Å². The molecule has 0 unspecified atom stereocenters. The maximum atomic E-state index is 13.2. The van der Waals surface area contributed by atoms with E-state index in [9.17, 15) is 14.4 Å². The minimum absolute atomic E-state index is 0.0180. The summed E-state index contributed by atoms with van der Waals surface area (Å²) in [7, 11) is 3.20. The van der Waals surface area contributed by atoms with Crippen molar-refractivity contribution in [1.82, 2.24) is 10.2 Å². The van der Waals surface area contributed by atoms with Crippen LogP contribution in [0.1, 0.15) is 54.4 Å². The molecule has 4 rings (SSSR count). The van der Waals surface area contributed by atoms with Crippen molar-refractivity contribution < 1.29 is 23.9 Å². The topological polar surface area (TPSA) is 84.9 Å². The largest absolute Gasteiger partial charge is 0.493 e. The van der Waals surface area contributed by atoms with Gasteiger partial charge >= 0.3 is 0 Å². The fourth-order valence-corrected chi connectivity index (χ4v) is 5.32. The van der Waals surface area contributed by atoms with Crippen LogP contribution in [0.25, 0.3) is 0 Å². The molecule has 0 bridgehead atoms. The van der Waals surface area contributed by atoms with Gasteiger partial charge in [0, 0.05) is 43.0 Å². The average molecular weight is 479 g/mol. The van der Waals surface area contributed by atoms with E-state index in [0.29, 0.717) is 62.3 Å². The van der Waals surface area contributed by atoms with Crippen molar-refractivity contribution >= 4 is 17.6 Å². The second-order valence-electron chi connectivity index (χ2n) is 9.60. The first-order valence-electron chi connectivity index (χ1n) is 12.3. The molecular formula is C28H34N2O5. The average Bonchev–Trinajstić information content (AvgIpc) is 3.27. The van der Waals surface area contributed by atoms with Crippen molar-refractivity contribution in [2.75, 3.05) is 27.3 Å². The number of ketones is 1. The summed E-state index contributed by atoms with van der Waals surface area (Å²) in [6.45, 7) is 1.13. The van der Waals surface area contributed by atoms with Gasteiger partial charge in [-0.2, -0.15) is 0 Å². The van der Waals surface area contributed by atoms with Gasteiger partial charge in [0.05, 0.1) is 14.2 Å². The number of rotatable bonds is 9. The van der Waals surface area contributed by atoms with Gasteiger partial charge in [-0.1, -0.05) is 36.4 Å². The monoisotopic (exact) mass is 478 g/mol. The van der Waals surface area contributed by atoms with Crippen molar-refractivity contribution in [2.24, 2.45) is 5.92 Å². The third kappa shape index (κ3) is 5.84. The zero-order valence-corrected chi connectivity index (χ0v) is 20.5. The molecule has 2 aliphatic heterocycles. The Labute approximate surface area is 206 Å². The number of hydrogen-bond donors (Lipinski definition) is 1. The molecule has 2 aliphatic rings. The second-order valence-corrected chi connectivity index (χ2v) is 9.60. The molecule has 2 amide bonds. The normalized spacial score (nSPS) is 21.9. The highest BCUT2D eigenvalue weighted by atomic mass is 16.5. The summed E-state index contributed by atoms with van der Waals surface area (Å²) in [4.78, 5) is 40.1. The molecule has 2 aromatic rings. The van der Waals surface area contributed by atoms with E-state index >= 15 is 0 Å². The van der Waals surface area contributed by atoms with Crippen LogP contribution in [-0.2, 0) is 16.0 Å². The number of hydrogen-bond acceptors (Lipinski definition) is 5. The molecule has 186 valence electrons. The molecule has 2 aromatic carbocycles. The Morgan fingerprint density at radius 1 is 1.09 bits per heavy atom. The van der Waals surface area contributed by atoms with Gasteiger partial charge < -0.3 is 19.7 Å². The first-order valence-corrected chi connectivity index (χ1v) is 12.3. The summed E-state index contributed by atoms with van der Waals surface area (Å²) < 4.78 is 10.8. The summed E-state index contributed by atoms with van der Waals surface area (Å²) in [5.74, 6) is 1.30. The standard InChI is InChI=1S/C28H34N2O5/c1-34-23-11-10-20(17-24(23)35-2)18-28(14-12-25(31)29-28)15-13-26(32)30-16-6-9-22(19-30)27(33)21-7-4-3-5-8-21/h3-5,7-8,10-11,17,22H,6,9,12-16,18-19H2,1-2H3,(H,29,31)/t22-,28-/m0/s1. The van der Waals surface area contributed by atoms with E-state index in [1.807, 2.05) is 53.4 Å². The van der Waals surface area contributed by atoms with Gasteiger partial charge in [-0.15, -0.1) is 0 Å². The lowest BCUT2D eigenvalue weighted by molar-refractivity contribution is -0.133. The lowest BCUT2D eigenvalue weighted by Gasteiger charge is -2.34. The number of amides is 2. The molecule has 1 N–H and O–H groups in total. The Morgan fingerprint density at radius 2 is 1.86 bits per heavy atom. The molecular weight excluding hydrogens is 444 g/mol. The molecule has 0 aliphatic carbocycles. The zero-order valence-electron chi connectivity index (χ0n) is 20.5. The smallest absolute Gasteiger partial charge is 0.222 e. The quantitative estimate of drug-likeness (QED) is 0.554. The van der Waals surface area contributed by atoms with Crippen LogP contribution >= 0.6 is 0 Å². The van der Waals surface area contributed by atoms with Crippen molar-refractivity contribution in [2.45, 2.75) is 50.5 Å². The molecule has 0 aromatic heterocycles. The number of likely N-dealkylation sites (tertiary alicyclic amines) is 1. The Morgan fingerprint density at radius 3 is 2.54 bits per heavy atom. The van der Waals surface area contributed by atoms with Crippen LogP contribution in [0, 0.1) is 5.92 Å². The Balaban J connectivity index is 1.40. The third-order valence-electron chi connectivity index (χ3n) is 7.25. The predicted molar refractivity (Wildman–Crippen MR) is 133 cm³/mol. The van der Waals surface area contributed by atoms with Gasteiger partial charge in [0.1, 0.15) is 0 Å². The van der Waals surface area contributed by atoms with Crippen molar-refractivity contribution in [3.05, 3.63) is 59.7 Å². The minimum Gasteiger partial charge on any atom is -0.493 e. The van der Waals surface area contributed by atoms with Crippen LogP contribution in [-0.4, -0.2) is 55.3 Å². The van der Waals surface area contributed by atoms with Crippen molar-refractivity contribution in [3.63, 3.8) is 0 Å². The van der Waals surface area contributed by atoms with E-state index < -0.39 is 5.54 Å². The Hall–Kier alpha value is -3.35. The fraction of sp³-hybridized carbons (Fsp3) is 0.464. The van der Waals surface area contributed by atoms with E-state index in [-0.39, 0.29) is 23.5 Å². The van der Waals surface area contributed by atoms with Crippen molar-refractivity contribution in [1.29, 1.82) is 0 Å². The lowest BCUT2D eigenvalue weighted by Crippen LogP contribution is -2.46. The number of nitrogens with one attached hydrogen (secondary N) is 1. The van der Waals surface area contributed by atoms with Crippen LogP contribution in [0.15, 0.2) is 48.5 Å². The molecule has 2 fully saturated rings. The van der Waals surface area contributed by atoms with E-state index in [1.165, 1.54) is 0 Å². The molecule has 0 radical (unpaired) electrons. The molecule has 2 atom stereocenters. The number of carbonyl (C=O) groups is 3. The van der Waals surface area contributed by atoms with Crippen LogP contribution in [0.5, 0.6) is 11.5 Å².